The Labute approximate surface area is 212 Å². The van der Waals surface area contributed by atoms with Crippen LogP contribution in [0.2, 0.25) is 0 Å². The zero-order valence-electron chi connectivity index (χ0n) is 20.6. The number of alkyl halides is 3. The normalized spacial score (nSPS) is 21.3. The van der Waals surface area contributed by atoms with Gasteiger partial charge in [-0.05, 0) is 55.7 Å². The molecule has 0 radical (unpaired) electrons. The number of hydrogen-bond donors (Lipinski definition) is 3. The summed E-state index contributed by atoms with van der Waals surface area (Å²) in [6, 6.07) is 7.90. The number of nitrogens with zero attached hydrogens (tertiary/aromatic N) is 2. The molecule has 3 N–H and O–H groups in total. The molecule has 0 spiro atoms. The summed E-state index contributed by atoms with van der Waals surface area (Å²) in [5, 5.41) is 13.3. The SMILES string of the molecule is C[C@@H]1Cc2c([nH]c3cc(F)ccc23)[C@@H](c2ccc(NC3CN(CCCF)C3)cc2F)N1CC(F)(F)CO. The molecule has 3 aromatic rings. The highest BCUT2D eigenvalue weighted by atomic mass is 19.3. The first-order valence-corrected chi connectivity index (χ1v) is 12.6. The highest BCUT2D eigenvalue weighted by Crippen LogP contribution is 2.43. The first-order valence-electron chi connectivity index (χ1n) is 12.6. The summed E-state index contributed by atoms with van der Waals surface area (Å²) in [7, 11) is 0. The van der Waals surface area contributed by atoms with Crippen LogP contribution in [-0.2, 0) is 6.42 Å². The second kappa shape index (κ2) is 10.2. The van der Waals surface area contributed by atoms with Crippen molar-refractivity contribution in [2.24, 2.45) is 0 Å². The summed E-state index contributed by atoms with van der Waals surface area (Å²) in [5.74, 6) is -4.36. The van der Waals surface area contributed by atoms with E-state index in [1.807, 2.05) is 0 Å². The molecule has 1 aromatic heterocycles. The molecular formula is C27H31F5N4O. The summed E-state index contributed by atoms with van der Waals surface area (Å²) < 4.78 is 70.8. The molecule has 5 nitrogen and oxygen atoms in total. The Hall–Kier alpha value is -2.69. The Morgan fingerprint density at radius 1 is 1.14 bits per heavy atom. The van der Waals surface area contributed by atoms with E-state index < -0.39 is 36.8 Å². The number of anilines is 1. The maximum absolute atomic E-state index is 15.6. The van der Waals surface area contributed by atoms with Gasteiger partial charge in [0.05, 0.1) is 25.3 Å². The van der Waals surface area contributed by atoms with Crippen molar-refractivity contribution < 1.29 is 27.1 Å². The minimum Gasteiger partial charge on any atom is -0.390 e. The average molecular weight is 523 g/mol. The smallest absolute Gasteiger partial charge is 0.283 e. The van der Waals surface area contributed by atoms with E-state index in [0.717, 1.165) is 24.0 Å². The number of hydrogen-bond acceptors (Lipinski definition) is 4. The standard InChI is InChI=1S/C27H31F5N4O/c1-16-9-22-20-5-3-17(29)10-24(20)34-25(22)26(36(16)14-27(31,32)15-37)21-6-4-18(11-23(21)30)33-19-12-35(13-19)8-2-7-28/h3-6,10-11,16,19,26,33-34,37H,2,7-9,12-15H2,1H3/t16-,26-/m1/s1. The molecular weight excluding hydrogens is 491 g/mol. The van der Waals surface area contributed by atoms with Gasteiger partial charge in [0, 0.05) is 53.5 Å². The lowest BCUT2D eigenvalue weighted by atomic mass is 9.88. The summed E-state index contributed by atoms with van der Waals surface area (Å²) >= 11 is 0. The molecule has 0 aliphatic carbocycles. The van der Waals surface area contributed by atoms with Gasteiger partial charge in [-0.2, -0.15) is 0 Å². The van der Waals surface area contributed by atoms with Gasteiger partial charge in [0.2, 0.25) is 0 Å². The summed E-state index contributed by atoms with van der Waals surface area (Å²) in [6.07, 6.45) is 0.908. The number of aliphatic hydroxyl groups is 1. The Kier molecular flexibility index (Phi) is 7.17. The van der Waals surface area contributed by atoms with E-state index in [4.69, 9.17) is 0 Å². The maximum atomic E-state index is 15.6. The van der Waals surface area contributed by atoms with Crippen molar-refractivity contribution in [1.29, 1.82) is 0 Å². The number of benzene rings is 2. The van der Waals surface area contributed by atoms with Crippen molar-refractivity contribution >= 4 is 16.6 Å². The largest absolute Gasteiger partial charge is 0.390 e. The quantitative estimate of drug-likeness (QED) is 0.351. The van der Waals surface area contributed by atoms with Crippen LogP contribution < -0.4 is 5.32 Å². The molecule has 2 aliphatic rings. The zero-order chi connectivity index (χ0) is 26.3. The predicted octanol–water partition coefficient (Wildman–Crippen LogP) is 4.87. The Morgan fingerprint density at radius 2 is 1.92 bits per heavy atom. The van der Waals surface area contributed by atoms with Crippen LogP contribution in [0.4, 0.5) is 27.6 Å². The van der Waals surface area contributed by atoms with Crippen LogP contribution in [0.3, 0.4) is 0 Å². The van der Waals surface area contributed by atoms with Crippen molar-refractivity contribution in [3.63, 3.8) is 0 Å². The van der Waals surface area contributed by atoms with Crippen molar-refractivity contribution in [2.45, 2.75) is 43.8 Å². The fourth-order valence-electron chi connectivity index (χ4n) is 5.63. The number of aromatic nitrogens is 1. The third-order valence-electron chi connectivity index (χ3n) is 7.45. The number of aromatic amines is 1. The van der Waals surface area contributed by atoms with Gasteiger partial charge in [0.1, 0.15) is 18.2 Å². The average Bonchev–Trinajstić information content (AvgIpc) is 3.18. The van der Waals surface area contributed by atoms with Crippen LogP contribution in [0.1, 0.15) is 36.2 Å². The third-order valence-corrected chi connectivity index (χ3v) is 7.45. The zero-order valence-corrected chi connectivity index (χ0v) is 20.6. The number of H-pyrrole nitrogens is 1. The van der Waals surface area contributed by atoms with Crippen molar-refractivity contribution in [3.05, 3.63) is 64.9 Å². The molecule has 1 fully saturated rings. The predicted molar refractivity (Wildman–Crippen MR) is 133 cm³/mol. The van der Waals surface area contributed by atoms with Gasteiger partial charge in [0.25, 0.3) is 5.92 Å². The van der Waals surface area contributed by atoms with E-state index >= 15 is 4.39 Å². The molecule has 0 saturated carbocycles. The molecule has 200 valence electrons. The molecule has 5 rings (SSSR count). The topological polar surface area (TPSA) is 54.5 Å². The van der Waals surface area contributed by atoms with E-state index in [1.54, 1.807) is 25.1 Å². The number of likely N-dealkylation sites (tertiary alicyclic amines) is 1. The van der Waals surface area contributed by atoms with E-state index in [-0.39, 0.29) is 24.3 Å². The highest BCUT2D eigenvalue weighted by Gasteiger charge is 2.42. The van der Waals surface area contributed by atoms with Crippen LogP contribution in [0.5, 0.6) is 0 Å². The number of fused-ring (bicyclic) bond motifs is 3. The lowest BCUT2D eigenvalue weighted by molar-refractivity contribution is -0.0866. The van der Waals surface area contributed by atoms with Gasteiger partial charge in [-0.25, -0.2) is 17.6 Å². The summed E-state index contributed by atoms with van der Waals surface area (Å²) in [6.45, 7) is 1.54. The molecule has 2 atom stereocenters. The molecule has 0 unspecified atom stereocenters. The molecule has 2 aromatic carbocycles. The van der Waals surface area contributed by atoms with Gasteiger partial charge in [-0.15, -0.1) is 0 Å². The first kappa shape index (κ1) is 25.9. The molecule has 2 aliphatic heterocycles. The first-order chi connectivity index (χ1) is 17.7. The van der Waals surface area contributed by atoms with E-state index in [2.05, 4.69) is 15.2 Å². The fourth-order valence-corrected chi connectivity index (χ4v) is 5.63. The number of nitrogens with one attached hydrogen (secondary N) is 2. The Morgan fingerprint density at radius 3 is 2.62 bits per heavy atom. The van der Waals surface area contributed by atoms with E-state index in [1.165, 1.54) is 23.1 Å². The maximum Gasteiger partial charge on any atom is 0.283 e. The van der Waals surface area contributed by atoms with Gasteiger partial charge in [-0.3, -0.25) is 14.2 Å². The lowest BCUT2D eigenvalue weighted by Crippen LogP contribution is -2.54. The second-order valence-corrected chi connectivity index (χ2v) is 10.2. The van der Waals surface area contributed by atoms with Crippen LogP contribution >= 0.6 is 0 Å². The minimum atomic E-state index is -3.38. The van der Waals surface area contributed by atoms with Gasteiger partial charge < -0.3 is 15.4 Å². The minimum absolute atomic E-state index is 0.120. The number of rotatable bonds is 9. The summed E-state index contributed by atoms with van der Waals surface area (Å²) in [4.78, 5) is 6.79. The van der Waals surface area contributed by atoms with Crippen LogP contribution in [0.25, 0.3) is 10.9 Å². The molecule has 1 saturated heterocycles. The fraction of sp³-hybridized carbons (Fsp3) is 0.481. The van der Waals surface area contributed by atoms with Crippen molar-refractivity contribution in [2.75, 3.05) is 44.8 Å². The monoisotopic (exact) mass is 522 g/mol. The molecule has 0 bridgehead atoms. The van der Waals surface area contributed by atoms with Gasteiger partial charge in [-0.1, -0.05) is 6.07 Å². The number of halogens is 5. The second-order valence-electron chi connectivity index (χ2n) is 10.2. The van der Waals surface area contributed by atoms with Crippen LogP contribution in [0, 0.1) is 11.6 Å². The van der Waals surface area contributed by atoms with Crippen LogP contribution in [0.15, 0.2) is 36.4 Å². The van der Waals surface area contributed by atoms with E-state index in [0.29, 0.717) is 36.3 Å². The van der Waals surface area contributed by atoms with Crippen LogP contribution in [-0.4, -0.2) is 77.4 Å². The Bertz CT molecular complexity index is 1260. The Balaban J connectivity index is 1.47. The highest BCUT2D eigenvalue weighted by molar-refractivity contribution is 5.85. The lowest BCUT2D eigenvalue weighted by Gasteiger charge is -2.42. The third kappa shape index (κ3) is 5.19. The van der Waals surface area contributed by atoms with Gasteiger partial charge in [0.15, 0.2) is 0 Å². The number of aliphatic hydroxyl groups excluding tert-OH is 1. The van der Waals surface area contributed by atoms with E-state index in [9.17, 15) is 22.7 Å². The van der Waals surface area contributed by atoms with Crippen molar-refractivity contribution in [1.82, 2.24) is 14.8 Å². The molecule has 10 heteroatoms. The van der Waals surface area contributed by atoms with Gasteiger partial charge >= 0.3 is 0 Å². The summed E-state index contributed by atoms with van der Waals surface area (Å²) in [5.41, 5.74) is 2.72. The van der Waals surface area contributed by atoms with Crippen molar-refractivity contribution in [3.8, 4) is 0 Å². The molecule has 37 heavy (non-hydrogen) atoms. The molecule has 3 heterocycles. The molecule has 0 amide bonds.